The Hall–Kier alpha value is -3.08. The Morgan fingerprint density at radius 1 is 1.24 bits per heavy atom. The Morgan fingerprint density at radius 3 is 2.59 bits per heavy atom. The van der Waals surface area contributed by atoms with E-state index in [1.54, 1.807) is 18.2 Å². The molecule has 0 spiro atoms. The minimum atomic E-state index is -3.98. The molecular formula is C21H16ClNO5S. The van der Waals surface area contributed by atoms with E-state index in [2.05, 4.69) is 0 Å². The molecule has 0 saturated heterocycles. The van der Waals surface area contributed by atoms with Crippen LogP contribution in [0.4, 0.5) is 0 Å². The predicted octanol–water partition coefficient (Wildman–Crippen LogP) is 4.15. The van der Waals surface area contributed by atoms with Crippen molar-refractivity contribution >= 4 is 33.0 Å². The van der Waals surface area contributed by atoms with Crippen molar-refractivity contribution in [2.24, 2.45) is 0 Å². The van der Waals surface area contributed by atoms with Crippen LogP contribution in [-0.4, -0.2) is 26.6 Å². The number of sulfone groups is 1. The van der Waals surface area contributed by atoms with Gasteiger partial charge in [-0.05, 0) is 53.1 Å². The average molecular weight is 430 g/mol. The van der Waals surface area contributed by atoms with E-state index < -0.39 is 21.6 Å². The third-order valence-corrected chi connectivity index (χ3v) is 6.44. The van der Waals surface area contributed by atoms with Gasteiger partial charge in [-0.25, -0.2) is 13.2 Å². The van der Waals surface area contributed by atoms with Crippen molar-refractivity contribution in [3.8, 4) is 11.8 Å². The molecule has 0 fully saturated rings. The first kappa shape index (κ1) is 20.6. The SMILES string of the molecule is COc1ccc(C(=O)O)cc1S(=O)(=O)Cc1cc(C#N)ccc1C1=CC=C(Cl)C1. The number of nitrogens with zero attached hydrogens (tertiary/aromatic N) is 1. The summed E-state index contributed by atoms with van der Waals surface area (Å²) in [4.78, 5) is 11.1. The fourth-order valence-electron chi connectivity index (χ4n) is 3.11. The van der Waals surface area contributed by atoms with E-state index in [4.69, 9.17) is 16.3 Å². The average Bonchev–Trinajstić information content (AvgIpc) is 3.13. The molecule has 0 unspecified atom stereocenters. The first-order valence-corrected chi connectivity index (χ1v) is 10.5. The number of ether oxygens (including phenoxy) is 1. The Labute approximate surface area is 173 Å². The van der Waals surface area contributed by atoms with Gasteiger partial charge in [-0.3, -0.25) is 0 Å². The van der Waals surface area contributed by atoms with Gasteiger partial charge in [-0.1, -0.05) is 23.7 Å². The van der Waals surface area contributed by atoms with Crippen LogP contribution in [0.15, 0.2) is 58.5 Å². The molecule has 1 N–H and O–H groups in total. The maximum Gasteiger partial charge on any atom is 0.335 e. The summed E-state index contributed by atoms with van der Waals surface area (Å²) in [5.41, 5.74) is 2.11. The van der Waals surface area contributed by atoms with Gasteiger partial charge in [0.2, 0.25) is 0 Å². The summed E-state index contributed by atoms with van der Waals surface area (Å²) in [6, 6.07) is 10.5. The van der Waals surface area contributed by atoms with Gasteiger partial charge in [0.25, 0.3) is 0 Å². The molecule has 3 rings (SSSR count). The van der Waals surface area contributed by atoms with Crippen LogP contribution in [-0.2, 0) is 15.6 Å². The van der Waals surface area contributed by atoms with Gasteiger partial charge in [0.1, 0.15) is 10.6 Å². The summed E-state index contributed by atoms with van der Waals surface area (Å²) in [7, 11) is -2.66. The highest BCUT2D eigenvalue weighted by Crippen LogP contribution is 2.35. The van der Waals surface area contributed by atoms with Gasteiger partial charge in [0.15, 0.2) is 9.84 Å². The fourth-order valence-corrected chi connectivity index (χ4v) is 4.88. The second-order valence-corrected chi connectivity index (χ2v) is 8.84. The molecule has 29 heavy (non-hydrogen) atoms. The number of hydrogen-bond donors (Lipinski definition) is 1. The van der Waals surface area contributed by atoms with Crippen molar-refractivity contribution in [3.05, 3.63) is 75.8 Å². The molecule has 1 aliphatic rings. The van der Waals surface area contributed by atoms with Crippen LogP contribution >= 0.6 is 11.6 Å². The minimum absolute atomic E-state index is 0.0535. The lowest BCUT2D eigenvalue weighted by Gasteiger charge is -2.14. The second-order valence-electron chi connectivity index (χ2n) is 6.40. The summed E-state index contributed by atoms with van der Waals surface area (Å²) in [6.07, 6.45) is 4.02. The normalized spacial score (nSPS) is 13.4. The third-order valence-electron chi connectivity index (χ3n) is 4.50. The van der Waals surface area contributed by atoms with Crippen LogP contribution < -0.4 is 4.74 Å². The monoisotopic (exact) mass is 429 g/mol. The van der Waals surface area contributed by atoms with Gasteiger partial charge in [0.05, 0.1) is 30.1 Å². The standard InChI is InChI=1S/C21H16ClNO5S/c1-28-19-7-4-15(21(24)25)10-20(19)29(26,27)12-16-8-13(11-23)2-6-18(16)14-3-5-17(22)9-14/h2-8,10H,9,12H2,1H3,(H,24,25). The number of rotatable bonds is 6. The molecule has 0 saturated carbocycles. The summed E-state index contributed by atoms with van der Waals surface area (Å²) in [6.45, 7) is 0. The largest absolute Gasteiger partial charge is 0.495 e. The molecule has 0 heterocycles. The topological polar surface area (TPSA) is 104 Å². The maximum absolute atomic E-state index is 13.2. The Balaban J connectivity index is 2.09. The van der Waals surface area contributed by atoms with Gasteiger partial charge in [0, 0.05) is 11.5 Å². The Bertz CT molecular complexity index is 1210. The molecule has 8 heteroatoms. The van der Waals surface area contributed by atoms with Crippen molar-refractivity contribution in [3.63, 3.8) is 0 Å². The van der Waals surface area contributed by atoms with Crippen LogP contribution in [0, 0.1) is 11.3 Å². The third kappa shape index (κ3) is 4.34. The molecule has 148 valence electrons. The Kier molecular flexibility index (Phi) is 5.78. The van der Waals surface area contributed by atoms with E-state index in [1.165, 1.54) is 25.3 Å². The van der Waals surface area contributed by atoms with Gasteiger partial charge in [-0.15, -0.1) is 0 Å². The fraction of sp³-hybridized carbons (Fsp3) is 0.143. The van der Waals surface area contributed by atoms with E-state index in [-0.39, 0.29) is 16.2 Å². The predicted molar refractivity (Wildman–Crippen MR) is 109 cm³/mol. The van der Waals surface area contributed by atoms with Crippen LogP contribution in [0.2, 0.25) is 0 Å². The van der Waals surface area contributed by atoms with Gasteiger partial charge >= 0.3 is 5.97 Å². The number of halogens is 1. The molecule has 2 aromatic carbocycles. The van der Waals surface area contributed by atoms with E-state index >= 15 is 0 Å². The van der Waals surface area contributed by atoms with Crippen LogP contribution in [0.25, 0.3) is 5.57 Å². The first-order chi connectivity index (χ1) is 13.7. The number of carboxylic acid groups (broad SMARTS) is 1. The van der Waals surface area contributed by atoms with E-state index in [0.29, 0.717) is 28.1 Å². The van der Waals surface area contributed by atoms with Crippen molar-refractivity contribution in [2.75, 3.05) is 7.11 Å². The molecule has 0 radical (unpaired) electrons. The van der Waals surface area contributed by atoms with Crippen molar-refractivity contribution in [2.45, 2.75) is 17.1 Å². The highest BCUT2D eigenvalue weighted by atomic mass is 35.5. The van der Waals surface area contributed by atoms with E-state index in [9.17, 15) is 23.6 Å². The number of methoxy groups -OCH3 is 1. The van der Waals surface area contributed by atoms with Crippen molar-refractivity contribution < 1.29 is 23.1 Å². The maximum atomic E-state index is 13.2. The zero-order chi connectivity index (χ0) is 21.2. The molecule has 0 amide bonds. The molecule has 0 bridgehead atoms. The van der Waals surface area contributed by atoms with Crippen LogP contribution in [0.1, 0.15) is 33.5 Å². The van der Waals surface area contributed by atoms with Crippen LogP contribution in [0.5, 0.6) is 5.75 Å². The smallest absolute Gasteiger partial charge is 0.335 e. The van der Waals surface area contributed by atoms with Crippen molar-refractivity contribution in [1.82, 2.24) is 0 Å². The lowest BCUT2D eigenvalue weighted by atomic mass is 9.98. The molecular weight excluding hydrogens is 414 g/mol. The molecule has 0 atom stereocenters. The number of allylic oxidation sites excluding steroid dienone is 4. The summed E-state index contributed by atoms with van der Waals surface area (Å²) < 4.78 is 31.5. The lowest BCUT2D eigenvalue weighted by Crippen LogP contribution is -2.10. The quantitative estimate of drug-likeness (QED) is 0.739. The van der Waals surface area contributed by atoms with E-state index in [1.807, 2.05) is 12.1 Å². The number of nitriles is 1. The number of carboxylic acids is 1. The summed E-state index contributed by atoms with van der Waals surface area (Å²) >= 11 is 6.05. The lowest BCUT2D eigenvalue weighted by molar-refractivity contribution is 0.0696. The molecule has 0 aliphatic heterocycles. The highest BCUT2D eigenvalue weighted by molar-refractivity contribution is 7.90. The summed E-state index contributed by atoms with van der Waals surface area (Å²) in [5.74, 6) is -1.61. The summed E-state index contributed by atoms with van der Waals surface area (Å²) in [5, 5.41) is 19.1. The number of hydrogen-bond acceptors (Lipinski definition) is 5. The van der Waals surface area contributed by atoms with Crippen molar-refractivity contribution in [1.29, 1.82) is 5.26 Å². The molecule has 0 aromatic heterocycles. The van der Waals surface area contributed by atoms with Crippen LogP contribution in [0.3, 0.4) is 0 Å². The highest BCUT2D eigenvalue weighted by Gasteiger charge is 2.25. The Morgan fingerprint density at radius 2 is 2.00 bits per heavy atom. The molecule has 6 nitrogen and oxygen atoms in total. The zero-order valence-corrected chi connectivity index (χ0v) is 16.9. The van der Waals surface area contributed by atoms with E-state index in [0.717, 1.165) is 11.6 Å². The molecule has 1 aliphatic carbocycles. The zero-order valence-electron chi connectivity index (χ0n) is 15.3. The molecule has 2 aromatic rings. The minimum Gasteiger partial charge on any atom is -0.495 e. The van der Waals surface area contributed by atoms with Gasteiger partial charge in [-0.2, -0.15) is 5.26 Å². The number of benzene rings is 2. The first-order valence-electron chi connectivity index (χ1n) is 8.48. The second kappa shape index (κ2) is 8.11. The number of aromatic carboxylic acids is 1. The number of carbonyl (C=O) groups is 1. The van der Waals surface area contributed by atoms with Gasteiger partial charge < -0.3 is 9.84 Å².